The number of aryl methyl sites for hydroxylation is 2. The van der Waals surface area contributed by atoms with Gasteiger partial charge >= 0.3 is 0 Å². The van der Waals surface area contributed by atoms with Gasteiger partial charge in [-0.3, -0.25) is 9.89 Å². The van der Waals surface area contributed by atoms with Crippen molar-refractivity contribution in [2.24, 2.45) is 0 Å². The third-order valence-electron chi connectivity index (χ3n) is 6.01. The molecule has 3 heterocycles. The van der Waals surface area contributed by atoms with Crippen LogP contribution in [0, 0.1) is 6.92 Å². The molecule has 162 valence electrons. The van der Waals surface area contributed by atoms with Crippen molar-refractivity contribution in [2.75, 3.05) is 0 Å². The first kappa shape index (κ1) is 20.4. The molecule has 6 nitrogen and oxygen atoms in total. The summed E-state index contributed by atoms with van der Waals surface area (Å²) in [5.41, 5.74) is 5.07. The number of aromatic amines is 1. The average Bonchev–Trinajstić information content (AvgIpc) is 3.51. The lowest BCUT2D eigenvalue weighted by atomic mass is 9.94. The Morgan fingerprint density at radius 1 is 1.22 bits per heavy atom. The number of furan rings is 1. The Balaban J connectivity index is 1.68. The molecule has 7 heteroatoms. The molecule has 32 heavy (non-hydrogen) atoms. The number of carbonyl (C=O) groups is 1. The maximum Gasteiger partial charge on any atom is 0.273 e. The fourth-order valence-electron chi connectivity index (χ4n) is 4.27. The number of aromatic hydroxyl groups is 1. The van der Waals surface area contributed by atoms with Crippen LogP contribution in [0.25, 0.3) is 11.3 Å². The van der Waals surface area contributed by atoms with Crippen molar-refractivity contribution in [3.63, 3.8) is 0 Å². The summed E-state index contributed by atoms with van der Waals surface area (Å²) in [7, 11) is 0. The molecule has 1 unspecified atom stereocenters. The van der Waals surface area contributed by atoms with Gasteiger partial charge in [-0.1, -0.05) is 42.8 Å². The summed E-state index contributed by atoms with van der Waals surface area (Å²) >= 11 is 6.35. The van der Waals surface area contributed by atoms with Crippen LogP contribution >= 0.6 is 11.6 Å². The number of aromatic nitrogens is 2. The summed E-state index contributed by atoms with van der Waals surface area (Å²) in [6.07, 6.45) is 2.53. The number of halogens is 1. The second kappa shape index (κ2) is 7.88. The smallest absolute Gasteiger partial charge is 0.273 e. The average molecular weight is 448 g/mol. The van der Waals surface area contributed by atoms with Crippen LogP contribution in [0.4, 0.5) is 0 Å². The van der Waals surface area contributed by atoms with Gasteiger partial charge in [-0.15, -0.1) is 0 Å². The minimum atomic E-state index is -0.387. The van der Waals surface area contributed by atoms with Crippen molar-refractivity contribution in [1.82, 2.24) is 15.1 Å². The zero-order valence-corrected chi connectivity index (χ0v) is 18.5. The van der Waals surface area contributed by atoms with E-state index in [1.807, 2.05) is 25.1 Å². The van der Waals surface area contributed by atoms with E-state index in [4.69, 9.17) is 16.0 Å². The van der Waals surface area contributed by atoms with E-state index in [1.165, 1.54) is 5.56 Å². The molecule has 1 aliphatic heterocycles. The minimum absolute atomic E-state index is 0.0678. The van der Waals surface area contributed by atoms with Crippen LogP contribution in [-0.2, 0) is 13.0 Å². The zero-order valence-electron chi connectivity index (χ0n) is 17.7. The monoisotopic (exact) mass is 447 g/mol. The van der Waals surface area contributed by atoms with Crippen molar-refractivity contribution >= 4 is 17.5 Å². The Labute approximate surface area is 190 Å². The van der Waals surface area contributed by atoms with Crippen molar-refractivity contribution in [1.29, 1.82) is 0 Å². The maximum absolute atomic E-state index is 13.4. The van der Waals surface area contributed by atoms with Gasteiger partial charge < -0.3 is 14.4 Å². The van der Waals surface area contributed by atoms with Crippen molar-refractivity contribution in [3.05, 3.63) is 93.5 Å². The first-order valence-corrected chi connectivity index (χ1v) is 10.9. The van der Waals surface area contributed by atoms with Crippen LogP contribution in [0.15, 0.2) is 59.2 Å². The third-order valence-corrected chi connectivity index (χ3v) is 6.41. The second-order valence-corrected chi connectivity index (χ2v) is 8.40. The van der Waals surface area contributed by atoms with Gasteiger partial charge in [0, 0.05) is 16.1 Å². The molecule has 0 fully saturated rings. The normalized spacial score (nSPS) is 15.4. The van der Waals surface area contributed by atoms with Crippen LogP contribution in [0.3, 0.4) is 0 Å². The largest absolute Gasteiger partial charge is 0.507 e. The lowest BCUT2D eigenvalue weighted by molar-refractivity contribution is 0.0717. The molecule has 2 aromatic heterocycles. The van der Waals surface area contributed by atoms with Crippen LogP contribution in [0.5, 0.6) is 5.75 Å². The topological polar surface area (TPSA) is 82.4 Å². The molecular formula is C25H22ClN3O3. The van der Waals surface area contributed by atoms with Gasteiger partial charge in [-0.2, -0.15) is 5.10 Å². The maximum atomic E-state index is 13.4. The van der Waals surface area contributed by atoms with Crippen molar-refractivity contribution in [2.45, 2.75) is 32.9 Å². The Hall–Kier alpha value is -3.51. The number of phenolic OH excluding ortho intramolecular Hbond substituents is 1. The minimum Gasteiger partial charge on any atom is -0.507 e. The van der Waals surface area contributed by atoms with E-state index < -0.39 is 0 Å². The van der Waals surface area contributed by atoms with Gasteiger partial charge in [0.1, 0.15) is 22.9 Å². The molecule has 1 atom stereocenters. The summed E-state index contributed by atoms with van der Waals surface area (Å²) < 4.78 is 5.53. The van der Waals surface area contributed by atoms with Gasteiger partial charge in [0.15, 0.2) is 0 Å². The molecule has 2 aromatic carbocycles. The summed E-state index contributed by atoms with van der Waals surface area (Å²) in [5.74, 6) is 0.588. The molecule has 0 saturated carbocycles. The first-order valence-electron chi connectivity index (χ1n) is 10.5. The number of hydrogen-bond acceptors (Lipinski definition) is 4. The number of fused-ring (bicyclic) bond motifs is 1. The first-order chi connectivity index (χ1) is 15.5. The van der Waals surface area contributed by atoms with E-state index in [1.54, 1.807) is 29.4 Å². The van der Waals surface area contributed by atoms with Gasteiger partial charge in [0.2, 0.25) is 0 Å². The molecule has 4 aromatic rings. The predicted octanol–water partition coefficient (Wildman–Crippen LogP) is 5.64. The summed E-state index contributed by atoms with van der Waals surface area (Å²) in [5, 5.41) is 18.5. The number of phenols is 1. The Kier molecular flexibility index (Phi) is 5.02. The van der Waals surface area contributed by atoms with Crippen LogP contribution in [-0.4, -0.2) is 26.1 Å². The highest BCUT2D eigenvalue weighted by atomic mass is 35.5. The lowest BCUT2D eigenvalue weighted by Crippen LogP contribution is -2.29. The number of hydrogen-bond donors (Lipinski definition) is 2. The fraction of sp³-hybridized carbons (Fsp3) is 0.200. The van der Waals surface area contributed by atoms with Gasteiger partial charge in [-0.25, -0.2) is 0 Å². The van der Waals surface area contributed by atoms with Crippen molar-refractivity contribution < 1.29 is 14.3 Å². The van der Waals surface area contributed by atoms with E-state index >= 15 is 0 Å². The number of nitrogens with zero attached hydrogens (tertiary/aromatic N) is 2. The van der Waals surface area contributed by atoms with E-state index in [2.05, 4.69) is 29.3 Å². The molecule has 0 aliphatic carbocycles. The number of carbonyl (C=O) groups excluding carboxylic acids is 1. The fourth-order valence-corrected chi connectivity index (χ4v) is 4.44. The molecule has 0 radical (unpaired) electrons. The number of H-pyrrole nitrogens is 1. The molecule has 2 N–H and O–H groups in total. The Bertz CT molecular complexity index is 1290. The summed E-state index contributed by atoms with van der Waals surface area (Å²) in [6, 6.07) is 14.8. The lowest BCUT2D eigenvalue weighted by Gasteiger charge is -2.26. The molecule has 5 rings (SSSR count). The molecule has 1 amide bonds. The molecule has 0 saturated heterocycles. The molecule has 0 bridgehead atoms. The van der Waals surface area contributed by atoms with Gasteiger partial charge in [0.05, 0.1) is 18.8 Å². The van der Waals surface area contributed by atoms with Crippen LogP contribution < -0.4 is 0 Å². The molecule has 0 spiro atoms. The highest BCUT2D eigenvalue weighted by Crippen LogP contribution is 2.45. The summed E-state index contributed by atoms with van der Waals surface area (Å²) in [4.78, 5) is 15.2. The van der Waals surface area contributed by atoms with Gasteiger partial charge in [0.25, 0.3) is 5.91 Å². The van der Waals surface area contributed by atoms with E-state index in [-0.39, 0.29) is 17.7 Å². The number of nitrogens with one attached hydrogen (secondary N) is 1. The number of amides is 1. The van der Waals surface area contributed by atoms with Crippen LogP contribution in [0.2, 0.25) is 5.02 Å². The second-order valence-electron chi connectivity index (χ2n) is 7.99. The van der Waals surface area contributed by atoms with E-state index in [0.717, 1.165) is 23.1 Å². The predicted molar refractivity (Wildman–Crippen MR) is 122 cm³/mol. The van der Waals surface area contributed by atoms with Crippen molar-refractivity contribution in [3.8, 4) is 17.0 Å². The highest BCUT2D eigenvalue weighted by Gasteiger charge is 2.42. The number of benzene rings is 2. The highest BCUT2D eigenvalue weighted by molar-refractivity contribution is 6.31. The SMILES string of the molecule is CCc1ccc(C2c3c(-c4cc(Cl)c(C)cc4O)n[nH]c3C(=O)N2Cc2ccco2)cc1. The van der Waals surface area contributed by atoms with Crippen LogP contribution in [0.1, 0.15) is 51.5 Å². The Morgan fingerprint density at radius 3 is 2.69 bits per heavy atom. The molecule has 1 aliphatic rings. The third kappa shape index (κ3) is 3.28. The number of rotatable bonds is 5. The summed E-state index contributed by atoms with van der Waals surface area (Å²) in [6.45, 7) is 4.25. The quantitative estimate of drug-likeness (QED) is 0.414. The van der Waals surface area contributed by atoms with Gasteiger partial charge in [-0.05, 0) is 54.3 Å². The van der Waals surface area contributed by atoms with E-state index in [0.29, 0.717) is 34.3 Å². The molecular weight excluding hydrogens is 426 g/mol. The zero-order chi connectivity index (χ0) is 22.4. The standard InChI is InChI=1S/C25H22ClN3O3/c1-3-15-6-8-16(9-7-15)24-21-22(18-12-19(26)14(2)11-20(18)30)27-28-23(21)25(31)29(24)13-17-5-4-10-32-17/h4-12,24,30H,3,13H2,1-2H3,(H,27,28). The Morgan fingerprint density at radius 2 is 2.00 bits per heavy atom. The van der Waals surface area contributed by atoms with E-state index in [9.17, 15) is 9.90 Å².